The number of hydrogen-bond acceptors (Lipinski definition) is 5. The Morgan fingerprint density at radius 1 is 1.17 bits per heavy atom. The summed E-state index contributed by atoms with van der Waals surface area (Å²) in [6.07, 6.45) is 8.16. The van der Waals surface area contributed by atoms with Crippen molar-refractivity contribution in [2.24, 2.45) is 0 Å². The highest BCUT2D eigenvalue weighted by molar-refractivity contribution is 5.46. The van der Waals surface area contributed by atoms with Crippen LogP contribution in [0.5, 0.6) is 0 Å². The van der Waals surface area contributed by atoms with Gasteiger partial charge >= 0.3 is 0 Å². The lowest BCUT2D eigenvalue weighted by atomic mass is 10.4. The molecule has 0 aromatic carbocycles. The van der Waals surface area contributed by atoms with Crippen LogP contribution >= 0.6 is 0 Å². The molecule has 0 aliphatic rings. The maximum atomic E-state index is 4.18. The summed E-state index contributed by atoms with van der Waals surface area (Å²) in [5, 5.41) is 6.49. The Bertz CT molecular complexity index is 453. The van der Waals surface area contributed by atoms with Gasteiger partial charge in [0.15, 0.2) is 0 Å². The third kappa shape index (κ3) is 3.73. The molecule has 0 aliphatic heterocycles. The Hall–Kier alpha value is -2.11. The van der Waals surface area contributed by atoms with Crippen molar-refractivity contribution < 1.29 is 0 Å². The molecule has 0 saturated carbocycles. The van der Waals surface area contributed by atoms with Gasteiger partial charge in [-0.2, -0.15) is 0 Å². The van der Waals surface area contributed by atoms with E-state index in [1.165, 1.54) is 0 Å². The lowest BCUT2D eigenvalue weighted by Gasteiger charge is -2.08. The van der Waals surface area contributed by atoms with Crippen LogP contribution in [0.2, 0.25) is 0 Å². The Kier molecular flexibility index (Phi) is 4.52. The fourth-order valence-corrected chi connectivity index (χ4v) is 1.54. The first-order chi connectivity index (χ1) is 8.88. The van der Waals surface area contributed by atoms with Crippen molar-refractivity contribution in [1.82, 2.24) is 19.5 Å². The summed E-state index contributed by atoms with van der Waals surface area (Å²) in [4.78, 5) is 12.3. The highest BCUT2D eigenvalue weighted by Crippen LogP contribution is 2.08. The second-order valence-electron chi connectivity index (χ2n) is 3.94. The fraction of sp³-hybridized carbons (Fsp3) is 0.417. The van der Waals surface area contributed by atoms with Crippen molar-refractivity contribution in [2.45, 2.75) is 19.9 Å². The summed E-state index contributed by atoms with van der Waals surface area (Å²) in [6.45, 7) is 4.71. The highest BCUT2D eigenvalue weighted by atomic mass is 15.1. The second kappa shape index (κ2) is 6.58. The van der Waals surface area contributed by atoms with Crippen LogP contribution in [0.3, 0.4) is 0 Å². The van der Waals surface area contributed by atoms with E-state index in [2.05, 4.69) is 32.5 Å². The van der Waals surface area contributed by atoms with E-state index in [-0.39, 0.29) is 0 Å². The van der Waals surface area contributed by atoms with E-state index in [0.29, 0.717) is 0 Å². The number of imidazole rings is 1. The van der Waals surface area contributed by atoms with Crippen molar-refractivity contribution in [3.8, 4) is 0 Å². The first-order valence-corrected chi connectivity index (χ1v) is 6.14. The van der Waals surface area contributed by atoms with Gasteiger partial charge in [-0.25, -0.2) is 15.0 Å². The summed E-state index contributed by atoms with van der Waals surface area (Å²) in [5.74, 6) is 1.70. The molecule has 96 valence electrons. The van der Waals surface area contributed by atoms with Crippen molar-refractivity contribution in [2.75, 3.05) is 23.7 Å². The normalized spacial score (nSPS) is 10.3. The van der Waals surface area contributed by atoms with Gasteiger partial charge in [-0.05, 0) is 6.42 Å². The van der Waals surface area contributed by atoms with Crippen LogP contribution in [0.15, 0.2) is 31.1 Å². The fourth-order valence-electron chi connectivity index (χ4n) is 1.54. The third-order valence-electron chi connectivity index (χ3n) is 2.46. The molecule has 0 spiro atoms. The molecule has 6 nitrogen and oxygen atoms in total. The predicted molar refractivity (Wildman–Crippen MR) is 71.5 cm³/mol. The van der Waals surface area contributed by atoms with Gasteiger partial charge in [0.05, 0.1) is 6.33 Å². The van der Waals surface area contributed by atoms with Crippen LogP contribution in [-0.4, -0.2) is 32.6 Å². The summed E-state index contributed by atoms with van der Waals surface area (Å²) in [5.41, 5.74) is 0. The van der Waals surface area contributed by atoms with E-state index in [9.17, 15) is 0 Å². The third-order valence-corrected chi connectivity index (χ3v) is 2.46. The first-order valence-electron chi connectivity index (χ1n) is 6.14. The lowest BCUT2D eigenvalue weighted by Crippen LogP contribution is -2.11. The Morgan fingerprint density at radius 2 is 1.94 bits per heavy atom. The van der Waals surface area contributed by atoms with E-state index >= 15 is 0 Å². The van der Waals surface area contributed by atoms with E-state index in [1.54, 1.807) is 18.9 Å². The first kappa shape index (κ1) is 12.3. The van der Waals surface area contributed by atoms with Gasteiger partial charge < -0.3 is 15.2 Å². The molecule has 0 aliphatic carbocycles. The van der Waals surface area contributed by atoms with Crippen molar-refractivity contribution in [1.29, 1.82) is 0 Å². The van der Waals surface area contributed by atoms with Gasteiger partial charge in [-0.15, -0.1) is 0 Å². The number of rotatable bonds is 7. The van der Waals surface area contributed by atoms with Crippen molar-refractivity contribution >= 4 is 11.6 Å². The van der Waals surface area contributed by atoms with Crippen LogP contribution in [0.4, 0.5) is 11.6 Å². The zero-order valence-electron chi connectivity index (χ0n) is 10.5. The Morgan fingerprint density at radius 3 is 2.61 bits per heavy atom. The summed E-state index contributed by atoms with van der Waals surface area (Å²) in [6, 6.07) is 1.92. The lowest BCUT2D eigenvalue weighted by molar-refractivity contribution is 0.725. The number of nitrogens with zero attached hydrogens (tertiary/aromatic N) is 4. The van der Waals surface area contributed by atoms with Gasteiger partial charge in [0.2, 0.25) is 0 Å². The average molecular weight is 246 g/mol. The van der Waals surface area contributed by atoms with Gasteiger partial charge in [0.25, 0.3) is 0 Å². The quantitative estimate of drug-likeness (QED) is 0.777. The number of nitrogens with one attached hydrogen (secondary N) is 2. The minimum absolute atomic E-state index is 0.806. The second-order valence-corrected chi connectivity index (χ2v) is 3.94. The molecule has 0 bridgehead atoms. The van der Waals surface area contributed by atoms with Gasteiger partial charge in [0.1, 0.15) is 18.0 Å². The molecule has 0 unspecified atom stereocenters. The van der Waals surface area contributed by atoms with Gasteiger partial charge in [0, 0.05) is 38.1 Å². The SMILES string of the molecule is CCCNc1cc(NCCn2ccnc2)ncn1. The number of hydrogen-bond donors (Lipinski definition) is 2. The van der Waals surface area contributed by atoms with E-state index < -0.39 is 0 Å². The molecule has 6 heteroatoms. The molecule has 0 fully saturated rings. The zero-order valence-corrected chi connectivity index (χ0v) is 10.5. The molecule has 2 N–H and O–H groups in total. The van der Waals surface area contributed by atoms with Crippen LogP contribution in [0, 0.1) is 0 Å². The monoisotopic (exact) mass is 246 g/mol. The molecule has 18 heavy (non-hydrogen) atoms. The standard InChI is InChI=1S/C12H18N6/c1-2-3-14-11-8-12(17-9-16-11)15-5-7-18-6-4-13-10-18/h4,6,8-10H,2-3,5,7H2,1H3,(H2,14,15,16,17). The van der Waals surface area contributed by atoms with Crippen molar-refractivity contribution in [3.05, 3.63) is 31.1 Å². The van der Waals surface area contributed by atoms with Gasteiger partial charge in [-0.1, -0.05) is 6.92 Å². The van der Waals surface area contributed by atoms with Crippen LogP contribution in [-0.2, 0) is 6.54 Å². The topological polar surface area (TPSA) is 67.7 Å². The number of anilines is 2. The van der Waals surface area contributed by atoms with E-state index in [0.717, 1.165) is 37.7 Å². The molecule has 0 amide bonds. The highest BCUT2D eigenvalue weighted by Gasteiger charge is 1.97. The maximum absolute atomic E-state index is 4.18. The van der Waals surface area contributed by atoms with Crippen molar-refractivity contribution in [3.63, 3.8) is 0 Å². The van der Waals surface area contributed by atoms with Crippen LogP contribution < -0.4 is 10.6 Å². The Balaban J connectivity index is 1.81. The van der Waals surface area contributed by atoms with Gasteiger partial charge in [-0.3, -0.25) is 0 Å². The summed E-state index contributed by atoms with van der Waals surface area (Å²) < 4.78 is 2.02. The molecule has 2 aromatic heterocycles. The molecule has 2 rings (SSSR count). The molecule has 0 atom stereocenters. The maximum Gasteiger partial charge on any atom is 0.131 e. The molecule has 0 radical (unpaired) electrons. The Labute approximate surface area is 106 Å². The molecule has 2 heterocycles. The van der Waals surface area contributed by atoms with E-state index in [4.69, 9.17) is 0 Å². The number of aromatic nitrogens is 4. The molecular formula is C12H18N6. The summed E-state index contributed by atoms with van der Waals surface area (Å²) >= 11 is 0. The van der Waals surface area contributed by atoms with Crippen LogP contribution in [0.1, 0.15) is 13.3 Å². The minimum Gasteiger partial charge on any atom is -0.370 e. The minimum atomic E-state index is 0.806. The predicted octanol–water partition coefficient (Wildman–Crippen LogP) is 1.61. The van der Waals surface area contributed by atoms with E-state index in [1.807, 2.05) is 16.8 Å². The molecular weight excluding hydrogens is 228 g/mol. The molecule has 2 aromatic rings. The van der Waals surface area contributed by atoms with Crippen LogP contribution in [0.25, 0.3) is 0 Å². The summed E-state index contributed by atoms with van der Waals surface area (Å²) in [7, 11) is 0. The molecule has 0 saturated heterocycles. The largest absolute Gasteiger partial charge is 0.370 e. The zero-order chi connectivity index (χ0) is 12.6. The smallest absolute Gasteiger partial charge is 0.131 e. The average Bonchev–Trinajstić information content (AvgIpc) is 2.90.